The minimum Gasteiger partial charge on any atom is -0.469 e. The Kier molecular flexibility index (Phi) is 4.98. The first-order valence-corrected chi connectivity index (χ1v) is 5.40. The molecule has 1 aromatic heterocycles. The average molecular weight is 275 g/mol. The number of methoxy groups -OCH3 is 1. The third kappa shape index (κ3) is 3.14. The summed E-state index contributed by atoms with van der Waals surface area (Å²) >= 11 is 5.63. The molecule has 1 heterocycles. The summed E-state index contributed by atoms with van der Waals surface area (Å²) in [4.78, 5) is 14.7. The highest BCUT2D eigenvalue weighted by molar-refractivity contribution is 6.17. The molecule has 0 amide bonds. The summed E-state index contributed by atoms with van der Waals surface area (Å²) in [5.74, 6) is -0.687. The summed E-state index contributed by atoms with van der Waals surface area (Å²) in [5.41, 5.74) is -0.252. The normalized spacial score (nSPS) is 10.2. The van der Waals surface area contributed by atoms with Crippen LogP contribution in [0.4, 0.5) is 8.78 Å². The Morgan fingerprint density at radius 2 is 2.33 bits per heavy atom. The van der Waals surface area contributed by atoms with Crippen LogP contribution < -0.4 is 0 Å². The van der Waals surface area contributed by atoms with Crippen LogP contribution in [0.1, 0.15) is 28.9 Å². The van der Waals surface area contributed by atoms with E-state index in [4.69, 9.17) is 16.9 Å². The van der Waals surface area contributed by atoms with Gasteiger partial charge >= 0.3 is 5.97 Å². The first kappa shape index (κ1) is 14.3. The average Bonchev–Trinajstić information content (AvgIpc) is 2.38. The van der Waals surface area contributed by atoms with Gasteiger partial charge in [0.1, 0.15) is 17.5 Å². The molecule has 0 saturated heterocycles. The molecule has 4 nitrogen and oxygen atoms in total. The topological polar surface area (TPSA) is 63.0 Å². The Bertz CT molecular complexity index is 501. The van der Waals surface area contributed by atoms with Crippen molar-refractivity contribution in [3.63, 3.8) is 0 Å². The van der Waals surface area contributed by atoms with E-state index in [1.54, 1.807) is 6.07 Å². The van der Waals surface area contributed by atoms with Crippen LogP contribution in [-0.2, 0) is 21.8 Å². The molecule has 0 spiro atoms. The van der Waals surface area contributed by atoms with Crippen molar-refractivity contribution in [2.45, 2.75) is 18.7 Å². The number of hydrogen-bond donors (Lipinski definition) is 0. The molecule has 0 atom stereocenters. The molecule has 96 valence electrons. The number of nitriles is 1. The maximum atomic E-state index is 12.6. The molecule has 0 saturated carbocycles. The Morgan fingerprint density at radius 3 is 2.78 bits per heavy atom. The van der Waals surface area contributed by atoms with Gasteiger partial charge in [-0.1, -0.05) is 0 Å². The van der Waals surface area contributed by atoms with Crippen molar-refractivity contribution in [3.8, 4) is 6.07 Å². The van der Waals surface area contributed by atoms with Gasteiger partial charge in [0.2, 0.25) is 0 Å². The molecule has 0 N–H and O–H groups in total. The molecule has 0 aliphatic carbocycles. The third-order valence-corrected chi connectivity index (χ3v) is 2.55. The molecule has 0 bridgehead atoms. The first-order chi connectivity index (χ1) is 8.53. The Balaban J connectivity index is 3.31. The van der Waals surface area contributed by atoms with Crippen LogP contribution in [-0.4, -0.2) is 18.1 Å². The maximum absolute atomic E-state index is 12.6. The van der Waals surface area contributed by atoms with Gasteiger partial charge < -0.3 is 4.74 Å². The maximum Gasteiger partial charge on any atom is 0.310 e. The highest BCUT2D eigenvalue weighted by Crippen LogP contribution is 2.23. The monoisotopic (exact) mass is 274 g/mol. The molecule has 0 fully saturated rings. The molecule has 1 aromatic rings. The lowest BCUT2D eigenvalue weighted by atomic mass is 10.0. The molecular weight excluding hydrogens is 266 g/mol. The van der Waals surface area contributed by atoms with Gasteiger partial charge in [0, 0.05) is 11.4 Å². The number of pyridine rings is 1. The van der Waals surface area contributed by atoms with Gasteiger partial charge in [-0.25, -0.2) is 13.8 Å². The van der Waals surface area contributed by atoms with E-state index in [2.05, 4.69) is 9.72 Å². The summed E-state index contributed by atoms with van der Waals surface area (Å²) in [6.07, 6.45) is -3.02. The number of carbonyl (C=O) groups is 1. The molecule has 18 heavy (non-hydrogen) atoms. The molecule has 1 rings (SSSR count). The number of ether oxygens (including phenoxy) is 1. The molecule has 0 aromatic carbocycles. The number of halogens is 3. The smallest absolute Gasteiger partial charge is 0.310 e. The van der Waals surface area contributed by atoms with E-state index in [0.29, 0.717) is 0 Å². The van der Waals surface area contributed by atoms with Crippen LogP contribution in [0.25, 0.3) is 0 Å². The van der Waals surface area contributed by atoms with E-state index in [9.17, 15) is 13.6 Å². The fourth-order valence-electron chi connectivity index (χ4n) is 1.38. The van der Waals surface area contributed by atoms with Crippen LogP contribution in [0.5, 0.6) is 0 Å². The number of hydrogen-bond acceptors (Lipinski definition) is 4. The lowest BCUT2D eigenvalue weighted by molar-refractivity contribution is -0.139. The van der Waals surface area contributed by atoms with Crippen LogP contribution >= 0.6 is 11.6 Å². The zero-order valence-electron chi connectivity index (χ0n) is 9.41. The Morgan fingerprint density at radius 1 is 1.67 bits per heavy atom. The van der Waals surface area contributed by atoms with Gasteiger partial charge in [0.05, 0.1) is 13.5 Å². The van der Waals surface area contributed by atoms with Crippen molar-refractivity contribution in [2.24, 2.45) is 0 Å². The Labute approximate surface area is 107 Å². The second-order valence-corrected chi connectivity index (χ2v) is 3.60. The second kappa shape index (κ2) is 6.26. The van der Waals surface area contributed by atoms with E-state index in [1.807, 2.05) is 0 Å². The SMILES string of the molecule is COC(=O)Cc1c(CCl)cc(C(F)F)nc1C#N. The highest BCUT2D eigenvalue weighted by Gasteiger charge is 2.19. The molecule has 0 unspecified atom stereocenters. The van der Waals surface area contributed by atoms with E-state index in [1.165, 1.54) is 7.11 Å². The summed E-state index contributed by atoms with van der Waals surface area (Å²) < 4.78 is 29.6. The zero-order valence-corrected chi connectivity index (χ0v) is 10.2. The van der Waals surface area contributed by atoms with Crippen molar-refractivity contribution >= 4 is 17.6 Å². The van der Waals surface area contributed by atoms with Gasteiger partial charge in [-0.3, -0.25) is 4.79 Å². The number of aromatic nitrogens is 1. The summed E-state index contributed by atoms with van der Waals surface area (Å²) in [6, 6.07) is 2.78. The summed E-state index contributed by atoms with van der Waals surface area (Å²) in [5, 5.41) is 8.88. The quantitative estimate of drug-likeness (QED) is 0.624. The minimum absolute atomic E-state index is 0.0940. The van der Waals surface area contributed by atoms with Gasteiger partial charge in [0.15, 0.2) is 0 Å². The third-order valence-electron chi connectivity index (χ3n) is 2.26. The minimum atomic E-state index is -2.80. The van der Waals surface area contributed by atoms with Crippen molar-refractivity contribution in [1.82, 2.24) is 4.98 Å². The van der Waals surface area contributed by atoms with Gasteiger partial charge in [-0.05, 0) is 11.6 Å². The predicted molar refractivity (Wildman–Crippen MR) is 59.2 cm³/mol. The van der Waals surface area contributed by atoms with E-state index >= 15 is 0 Å². The summed E-state index contributed by atoms with van der Waals surface area (Å²) in [6.45, 7) is 0. The number of rotatable bonds is 4. The molecule has 0 aliphatic rings. The van der Waals surface area contributed by atoms with Gasteiger partial charge in [0.25, 0.3) is 6.43 Å². The number of carbonyl (C=O) groups excluding carboxylic acids is 1. The second-order valence-electron chi connectivity index (χ2n) is 3.33. The fourth-order valence-corrected chi connectivity index (χ4v) is 1.62. The largest absolute Gasteiger partial charge is 0.469 e. The van der Waals surface area contributed by atoms with Gasteiger partial charge in [-0.15, -0.1) is 11.6 Å². The lowest BCUT2D eigenvalue weighted by Gasteiger charge is -2.10. The molecular formula is C11H9ClF2N2O2. The standard InChI is InChI=1S/C11H9ClF2N2O2/c1-18-10(17)3-7-6(4-12)2-8(11(13)14)16-9(7)5-15/h2,11H,3-4H2,1H3. The van der Waals surface area contributed by atoms with Gasteiger partial charge in [-0.2, -0.15) is 5.26 Å². The van der Waals surface area contributed by atoms with Crippen molar-refractivity contribution in [2.75, 3.05) is 7.11 Å². The Hall–Kier alpha value is -1.74. The van der Waals surface area contributed by atoms with Crippen molar-refractivity contribution in [3.05, 3.63) is 28.6 Å². The van der Waals surface area contributed by atoms with Crippen LogP contribution in [0.3, 0.4) is 0 Å². The number of alkyl halides is 3. The lowest BCUT2D eigenvalue weighted by Crippen LogP contribution is -2.11. The van der Waals surface area contributed by atoms with Crippen molar-refractivity contribution < 1.29 is 18.3 Å². The number of nitrogens with zero attached hydrogens (tertiary/aromatic N) is 2. The van der Waals surface area contributed by atoms with Crippen LogP contribution in [0, 0.1) is 11.3 Å². The van der Waals surface area contributed by atoms with E-state index < -0.39 is 18.1 Å². The molecule has 0 radical (unpaired) electrons. The first-order valence-electron chi connectivity index (χ1n) is 4.87. The predicted octanol–water partition coefficient (Wildman–Crippen LogP) is 2.35. The van der Waals surface area contributed by atoms with E-state index in [-0.39, 0.29) is 29.1 Å². The fraction of sp³-hybridized carbons (Fsp3) is 0.364. The number of esters is 1. The molecule has 7 heteroatoms. The van der Waals surface area contributed by atoms with Crippen LogP contribution in [0.2, 0.25) is 0 Å². The molecule has 0 aliphatic heterocycles. The van der Waals surface area contributed by atoms with E-state index in [0.717, 1.165) is 6.07 Å². The summed E-state index contributed by atoms with van der Waals surface area (Å²) in [7, 11) is 1.19. The van der Waals surface area contributed by atoms with Crippen LogP contribution in [0.15, 0.2) is 6.07 Å². The highest BCUT2D eigenvalue weighted by atomic mass is 35.5. The zero-order chi connectivity index (χ0) is 13.7. The van der Waals surface area contributed by atoms with Crippen molar-refractivity contribution in [1.29, 1.82) is 5.26 Å².